The van der Waals surface area contributed by atoms with Crippen molar-refractivity contribution in [3.63, 3.8) is 0 Å². The van der Waals surface area contributed by atoms with Gasteiger partial charge in [-0.2, -0.15) is 0 Å². The SMILES string of the molecule is C=C=C(C)C(O)CCCCCCCCC=C. The number of aliphatic hydroxyl groups is 1. The molecule has 92 valence electrons. The lowest BCUT2D eigenvalue weighted by Crippen LogP contribution is -2.06. The first kappa shape index (κ1) is 15.2. The number of aliphatic hydroxyl groups excluding tert-OH is 1. The smallest absolute Gasteiger partial charge is 0.0820 e. The monoisotopic (exact) mass is 222 g/mol. The van der Waals surface area contributed by atoms with Crippen LogP contribution in [0.3, 0.4) is 0 Å². The van der Waals surface area contributed by atoms with E-state index >= 15 is 0 Å². The third kappa shape index (κ3) is 8.52. The molecule has 0 saturated heterocycles. The van der Waals surface area contributed by atoms with Gasteiger partial charge in [0.25, 0.3) is 0 Å². The summed E-state index contributed by atoms with van der Waals surface area (Å²) in [6, 6.07) is 0. The van der Waals surface area contributed by atoms with Gasteiger partial charge < -0.3 is 5.11 Å². The largest absolute Gasteiger partial charge is 0.388 e. The van der Waals surface area contributed by atoms with Gasteiger partial charge in [-0.05, 0) is 31.8 Å². The molecule has 0 bridgehead atoms. The summed E-state index contributed by atoms with van der Waals surface area (Å²) in [6.07, 6.45) is 11.1. The number of unbranched alkanes of at least 4 members (excludes halogenated alkanes) is 6. The van der Waals surface area contributed by atoms with E-state index in [1.54, 1.807) is 0 Å². The summed E-state index contributed by atoms with van der Waals surface area (Å²) in [7, 11) is 0. The maximum Gasteiger partial charge on any atom is 0.0820 e. The minimum absolute atomic E-state index is 0.335. The first-order valence-corrected chi connectivity index (χ1v) is 6.38. The Morgan fingerprint density at radius 1 is 1.19 bits per heavy atom. The van der Waals surface area contributed by atoms with Crippen LogP contribution in [0.15, 0.2) is 30.5 Å². The Balaban J connectivity index is 3.27. The Hall–Kier alpha value is -0.780. The van der Waals surface area contributed by atoms with E-state index in [2.05, 4.69) is 18.9 Å². The highest BCUT2D eigenvalue weighted by molar-refractivity contribution is 5.00. The molecule has 1 atom stereocenters. The van der Waals surface area contributed by atoms with Gasteiger partial charge in [-0.15, -0.1) is 12.3 Å². The van der Waals surface area contributed by atoms with Gasteiger partial charge in [0.1, 0.15) is 0 Å². The van der Waals surface area contributed by atoms with E-state index in [4.69, 9.17) is 0 Å². The van der Waals surface area contributed by atoms with Crippen molar-refractivity contribution in [3.05, 3.63) is 30.5 Å². The summed E-state index contributed by atoms with van der Waals surface area (Å²) in [5.41, 5.74) is 3.61. The fourth-order valence-corrected chi connectivity index (χ4v) is 1.67. The van der Waals surface area contributed by atoms with Crippen LogP contribution >= 0.6 is 0 Å². The molecule has 0 aromatic carbocycles. The van der Waals surface area contributed by atoms with E-state index in [0.717, 1.165) is 24.8 Å². The normalized spacial score (nSPS) is 11.9. The van der Waals surface area contributed by atoms with Crippen molar-refractivity contribution in [2.75, 3.05) is 0 Å². The van der Waals surface area contributed by atoms with Crippen molar-refractivity contribution in [1.82, 2.24) is 0 Å². The van der Waals surface area contributed by atoms with Crippen LogP contribution in [0.4, 0.5) is 0 Å². The number of allylic oxidation sites excluding steroid dienone is 1. The van der Waals surface area contributed by atoms with Gasteiger partial charge in [-0.25, -0.2) is 0 Å². The molecular weight excluding hydrogens is 196 g/mol. The molecular formula is C15H26O. The number of hydrogen-bond acceptors (Lipinski definition) is 1. The fraction of sp³-hybridized carbons (Fsp3) is 0.667. The van der Waals surface area contributed by atoms with Crippen molar-refractivity contribution in [2.24, 2.45) is 0 Å². The third-order valence-electron chi connectivity index (χ3n) is 2.91. The van der Waals surface area contributed by atoms with Crippen LogP contribution in [0.25, 0.3) is 0 Å². The van der Waals surface area contributed by atoms with Crippen LogP contribution in [-0.2, 0) is 0 Å². The van der Waals surface area contributed by atoms with Crippen LogP contribution in [0, 0.1) is 0 Å². The van der Waals surface area contributed by atoms with Crippen LogP contribution in [0.5, 0.6) is 0 Å². The molecule has 1 nitrogen and oxygen atoms in total. The van der Waals surface area contributed by atoms with Crippen LogP contribution in [0.1, 0.15) is 58.3 Å². The molecule has 0 aliphatic heterocycles. The average molecular weight is 222 g/mol. The van der Waals surface area contributed by atoms with E-state index in [0.29, 0.717) is 0 Å². The summed E-state index contributed by atoms with van der Waals surface area (Å²) in [4.78, 5) is 0. The predicted molar refractivity (Wildman–Crippen MR) is 71.5 cm³/mol. The molecule has 1 heteroatoms. The Bertz CT molecular complexity index is 224. The summed E-state index contributed by atoms with van der Waals surface area (Å²) >= 11 is 0. The summed E-state index contributed by atoms with van der Waals surface area (Å²) in [5.74, 6) is 0. The zero-order valence-corrected chi connectivity index (χ0v) is 10.7. The van der Waals surface area contributed by atoms with Gasteiger partial charge in [0.15, 0.2) is 0 Å². The zero-order valence-electron chi connectivity index (χ0n) is 10.7. The summed E-state index contributed by atoms with van der Waals surface area (Å²) < 4.78 is 0. The van der Waals surface area contributed by atoms with Crippen LogP contribution in [-0.4, -0.2) is 11.2 Å². The highest BCUT2D eigenvalue weighted by Gasteiger charge is 2.04. The van der Waals surface area contributed by atoms with Crippen molar-refractivity contribution in [2.45, 2.75) is 64.4 Å². The van der Waals surface area contributed by atoms with Crippen molar-refractivity contribution < 1.29 is 5.11 Å². The van der Waals surface area contributed by atoms with Gasteiger partial charge in [0.2, 0.25) is 0 Å². The molecule has 1 N–H and O–H groups in total. The average Bonchev–Trinajstić information content (AvgIpc) is 2.31. The van der Waals surface area contributed by atoms with Gasteiger partial charge in [-0.3, -0.25) is 0 Å². The number of rotatable bonds is 10. The third-order valence-corrected chi connectivity index (χ3v) is 2.91. The first-order chi connectivity index (χ1) is 7.72. The zero-order chi connectivity index (χ0) is 12.2. The molecule has 0 aromatic heterocycles. The standard InChI is InChI=1S/C15H26O/c1-4-6-7-8-9-10-11-12-13-15(16)14(3)5-2/h4,15-16H,1-2,6-13H2,3H3. The van der Waals surface area contributed by atoms with E-state index in [1.165, 1.54) is 32.1 Å². The van der Waals surface area contributed by atoms with Gasteiger partial charge >= 0.3 is 0 Å². The highest BCUT2D eigenvalue weighted by Crippen LogP contribution is 2.12. The van der Waals surface area contributed by atoms with Crippen molar-refractivity contribution in [1.29, 1.82) is 0 Å². The van der Waals surface area contributed by atoms with Gasteiger partial charge in [-0.1, -0.05) is 44.8 Å². The van der Waals surface area contributed by atoms with E-state index in [1.807, 2.05) is 13.0 Å². The second kappa shape index (κ2) is 10.7. The molecule has 0 radical (unpaired) electrons. The van der Waals surface area contributed by atoms with Crippen molar-refractivity contribution in [3.8, 4) is 0 Å². The van der Waals surface area contributed by atoms with E-state index < -0.39 is 0 Å². The maximum absolute atomic E-state index is 9.64. The van der Waals surface area contributed by atoms with Crippen LogP contribution in [0.2, 0.25) is 0 Å². The molecule has 0 amide bonds. The van der Waals surface area contributed by atoms with Gasteiger partial charge in [0.05, 0.1) is 6.10 Å². The molecule has 0 aromatic rings. The predicted octanol–water partition coefficient (Wildman–Crippen LogP) is 4.39. The quantitative estimate of drug-likeness (QED) is 0.330. The molecule has 0 heterocycles. The molecule has 0 saturated carbocycles. The lowest BCUT2D eigenvalue weighted by Gasteiger charge is -2.08. The topological polar surface area (TPSA) is 20.2 Å². The Morgan fingerprint density at radius 3 is 2.31 bits per heavy atom. The molecule has 16 heavy (non-hydrogen) atoms. The summed E-state index contributed by atoms with van der Waals surface area (Å²) in [6.45, 7) is 9.13. The van der Waals surface area contributed by atoms with E-state index in [9.17, 15) is 5.11 Å². The minimum atomic E-state index is -0.335. The maximum atomic E-state index is 9.64. The Kier molecular flexibility index (Phi) is 10.2. The Labute approximate surface area is 101 Å². The second-order valence-electron chi connectivity index (χ2n) is 4.36. The fourth-order valence-electron chi connectivity index (χ4n) is 1.67. The molecule has 0 rings (SSSR count). The molecule has 0 spiro atoms. The molecule has 0 fully saturated rings. The second-order valence-corrected chi connectivity index (χ2v) is 4.36. The van der Waals surface area contributed by atoms with Crippen LogP contribution < -0.4 is 0 Å². The molecule has 0 aliphatic rings. The van der Waals surface area contributed by atoms with E-state index in [-0.39, 0.29) is 6.10 Å². The number of hydrogen-bond donors (Lipinski definition) is 1. The lowest BCUT2D eigenvalue weighted by atomic mass is 10.0. The Morgan fingerprint density at radius 2 is 1.75 bits per heavy atom. The molecule has 0 aliphatic carbocycles. The first-order valence-electron chi connectivity index (χ1n) is 6.38. The summed E-state index contributed by atoms with van der Waals surface area (Å²) in [5, 5.41) is 9.64. The minimum Gasteiger partial charge on any atom is -0.388 e. The van der Waals surface area contributed by atoms with Gasteiger partial charge in [0, 0.05) is 0 Å². The lowest BCUT2D eigenvalue weighted by molar-refractivity contribution is 0.196. The highest BCUT2D eigenvalue weighted by atomic mass is 16.3. The molecule has 1 unspecified atom stereocenters. The van der Waals surface area contributed by atoms with Crippen molar-refractivity contribution >= 4 is 0 Å².